The number of nitrogens with one attached hydrogen (secondary N) is 1. The van der Waals surface area contributed by atoms with Crippen LogP contribution in [0.2, 0.25) is 0 Å². The summed E-state index contributed by atoms with van der Waals surface area (Å²) >= 11 is 5.07. The highest BCUT2D eigenvalue weighted by molar-refractivity contribution is 9.11. The first-order valence-corrected chi connectivity index (χ1v) is 8.20. The van der Waals surface area contributed by atoms with Gasteiger partial charge in [-0.1, -0.05) is 0 Å². The molecule has 7 heteroatoms. The summed E-state index contributed by atoms with van der Waals surface area (Å²) in [6, 6.07) is 4.02. The van der Waals surface area contributed by atoms with Crippen LogP contribution in [0, 0.1) is 0 Å². The van der Waals surface area contributed by atoms with Crippen molar-refractivity contribution in [3.8, 4) is 0 Å². The fourth-order valence-corrected chi connectivity index (χ4v) is 3.62. The Labute approximate surface area is 131 Å². The van der Waals surface area contributed by atoms with Crippen LogP contribution in [0.1, 0.15) is 11.8 Å². The van der Waals surface area contributed by atoms with E-state index in [2.05, 4.69) is 21.2 Å². The second-order valence-corrected chi connectivity index (χ2v) is 7.22. The van der Waals surface area contributed by atoms with E-state index < -0.39 is 0 Å². The van der Waals surface area contributed by atoms with Gasteiger partial charge < -0.3 is 10.2 Å². The van der Waals surface area contributed by atoms with Gasteiger partial charge in [-0.15, -0.1) is 11.3 Å². The van der Waals surface area contributed by atoms with Crippen molar-refractivity contribution in [2.75, 3.05) is 32.7 Å². The first-order chi connectivity index (χ1) is 9.58. The summed E-state index contributed by atoms with van der Waals surface area (Å²) in [5, 5.41) is 2.76. The molecule has 1 N–H and O–H groups in total. The van der Waals surface area contributed by atoms with Gasteiger partial charge in [0.05, 0.1) is 23.4 Å². The molecule has 5 nitrogen and oxygen atoms in total. The molecule has 1 aliphatic heterocycles. The van der Waals surface area contributed by atoms with Crippen molar-refractivity contribution >= 4 is 39.1 Å². The van der Waals surface area contributed by atoms with Gasteiger partial charge in [-0.3, -0.25) is 14.5 Å². The average molecular weight is 360 g/mol. The van der Waals surface area contributed by atoms with Gasteiger partial charge in [0.15, 0.2) is 0 Å². The highest BCUT2D eigenvalue weighted by Crippen LogP contribution is 2.23. The number of rotatable bonds is 5. The third-order valence-electron chi connectivity index (χ3n) is 3.19. The summed E-state index contributed by atoms with van der Waals surface area (Å²) in [6.07, 6.45) is 0. The van der Waals surface area contributed by atoms with Gasteiger partial charge >= 0.3 is 0 Å². The predicted molar refractivity (Wildman–Crippen MR) is 82.6 cm³/mol. The maximum absolute atomic E-state index is 12.3. The maximum Gasteiger partial charge on any atom is 0.237 e. The van der Waals surface area contributed by atoms with Gasteiger partial charge in [0.25, 0.3) is 0 Å². The summed E-state index contributed by atoms with van der Waals surface area (Å²) in [6.45, 7) is 5.26. The molecule has 1 aromatic rings. The molecule has 0 unspecified atom stereocenters. The lowest BCUT2D eigenvalue weighted by Gasteiger charge is -2.28. The van der Waals surface area contributed by atoms with Gasteiger partial charge in [-0.2, -0.15) is 0 Å². The van der Waals surface area contributed by atoms with E-state index >= 15 is 0 Å². The molecule has 0 spiro atoms. The third kappa shape index (κ3) is 4.29. The molecular weight excluding hydrogens is 342 g/mol. The van der Waals surface area contributed by atoms with Crippen molar-refractivity contribution in [1.82, 2.24) is 15.1 Å². The average Bonchev–Trinajstić information content (AvgIpc) is 2.81. The number of hydrogen-bond acceptors (Lipinski definition) is 4. The van der Waals surface area contributed by atoms with Crippen LogP contribution in [0.3, 0.4) is 0 Å². The Morgan fingerprint density at radius 1 is 1.55 bits per heavy atom. The van der Waals surface area contributed by atoms with Crippen LogP contribution in [0.5, 0.6) is 0 Å². The van der Waals surface area contributed by atoms with E-state index in [0.717, 1.165) is 15.2 Å². The molecule has 0 aromatic carbocycles. The third-order valence-corrected chi connectivity index (χ3v) is 4.79. The number of likely N-dealkylation sites (N-methyl/N-ethyl adjacent to an activating group) is 1. The van der Waals surface area contributed by atoms with Crippen molar-refractivity contribution in [2.45, 2.75) is 13.5 Å². The van der Waals surface area contributed by atoms with Crippen molar-refractivity contribution in [1.29, 1.82) is 0 Å². The zero-order chi connectivity index (χ0) is 14.5. The lowest BCUT2D eigenvalue weighted by atomic mass is 10.3. The van der Waals surface area contributed by atoms with Crippen LogP contribution >= 0.6 is 27.3 Å². The van der Waals surface area contributed by atoms with E-state index in [4.69, 9.17) is 0 Å². The zero-order valence-electron chi connectivity index (χ0n) is 11.4. The summed E-state index contributed by atoms with van der Waals surface area (Å²) in [5.74, 6) is 0.0704. The molecule has 2 rings (SSSR count). The summed E-state index contributed by atoms with van der Waals surface area (Å²) < 4.78 is 1.07. The van der Waals surface area contributed by atoms with Gasteiger partial charge in [0.2, 0.25) is 11.8 Å². The van der Waals surface area contributed by atoms with Crippen LogP contribution in [0.4, 0.5) is 0 Å². The Bertz CT molecular complexity index is 492. The number of halogens is 1. The smallest absolute Gasteiger partial charge is 0.237 e. The fraction of sp³-hybridized carbons (Fsp3) is 0.538. The van der Waals surface area contributed by atoms with E-state index in [1.54, 1.807) is 11.3 Å². The van der Waals surface area contributed by atoms with E-state index in [-0.39, 0.29) is 11.8 Å². The van der Waals surface area contributed by atoms with E-state index in [9.17, 15) is 9.59 Å². The van der Waals surface area contributed by atoms with Crippen LogP contribution in [-0.2, 0) is 16.1 Å². The number of thiophene rings is 1. The fourth-order valence-electron chi connectivity index (χ4n) is 2.12. The van der Waals surface area contributed by atoms with Crippen LogP contribution < -0.4 is 5.32 Å². The van der Waals surface area contributed by atoms with Crippen molar-refractivity contribution in [2.24, 2.45) is 0 Å². The van der Waals surface area contributed by atoms with Gasteiger partial charge in [-0.25, -0.2) is 0 Å². The van der Waals surface area contributed by atoms with Crippen molar-refractivity contribution < 1.29 is 9.59 Å². The number of carbonyl (C=O) groups is 2. The number of hydrogen-bond donors (Lipinski definition) is 1. The van der Waals surface area contributed by atoms with E-state index in [1.807, 2.05) is 28.9 Å². The number of amides is 2. The predicted octanol–water partition coefficient (Wildman–Crippen LogP) is 1.29. The highest BCUT2D eigenvalue weighted by Gasteiger charge is 2.21. The second kappa shape index (κ2) is 7.19. The molecule has 1 aliphatic rings. The van der Waals surface area contributed by atoms with Gasteiger partial charge in [0.1, 0.15) is 0 Å². The molecule has 0 bridgehead atoms. The maximum atomic E-state index is 12.3. The number of piperazine rings is 1. The molecule has 0 aliphatic carbocycles. The minimum absolute atomic E-state index is 0.00529. The molecule has 1 saturated heterocycles. The molecule has 110 valence electrons. The number of nitrogens with zero attached hydrogens (tertiary/aromatic N) is 2. The Balaban J connectivity index is 1.89. The van der Waals surface area contributed by atoms with Crippen LogP contribution in [0.15, 0.2) is 15.9 Å². The van der Waals surface area contributed by atoms with Crippen LogP contribution in [-0.4, -0.2) is 54.3 Å². The quantitative estimate of drug-likeness (QED) is 0.861. The largest absolute Gasteiger partial charge is 0.354 e. The topological polar surface area (TPSA) is 52.7 Å². The molecule has 1 fully saturated rings. The minimum atomic E-state index is -0.00529. The Hall–Kier alpha value is -0.920. The lowest BCUT2D eigenvalue weighted by molar-refractivity contribution is -0.134. The highest BCUT2D eigenvalue weighted by atomic mass is 79.9. The monoisotopic (exact) mass is 359 g/mol. The first kappa shape index (κ1) is 15.5. The van der Waals surface area contributed by atoms with Crippen molar-refractivity contribution in [3.63, 3.8) is 0 Å². The molecule has 20 heavy (non-hydrogen) atoms. The molecule has 2 heterocycles. The zero-order valence-corrected chi connectivity index (χ0v) is 13.8. The summed E-state index contributed by atoms with van der Waals surface area (Å²) in [5.41, 5.74) is 0. The van der Waals surface area contributed by atoms with Gasteiger partial charge in [-0.05, 0) is 35.0 Å². The second-order valence-electron chi connectivity index (χ2n) is 4.67. The lowest BCUT2D eigenvalue weighted by Crippen LogP contribution is -2.51. The molecule has 1 aromatic heterocycles. The SMILES string of the molecule is CCN(Cc1ccc(Br)s1)C(=O)CN1CCNC(=O)C1. The number of carbonyl (C=O) groups excluding carboxylic acids is 2. The summed E-state index contributed by atoms with van der Waals surface area (Å²) in [7, 11) is 0. The summed E-state index contributed by atoms with van der Waals surface area (Å²) in [4.78, 5) is 28.5. The molecular formula is C13H18BrN3O2S. The Morgan fingerprint density at radius 2 is 2.35 bits per heavy atom. The van der Waals surface area contributed by atoms with E-state index in [1.165, 1.54) is 0 Å². The van der Waals surface area contributed by atoms with Crippen LogP contribution in [0.25, 0.3) is 0 Å². The van der Waals surface area contributed by atoms with E-state index in [0.29, 0.717) is 32.7 Å². The Kier molecular flexibility index (Phi) is 5.56. The van der Waals surface area contributed by atoms with Crippen molar-refractivity contribution in [3.05, 3.63) is 20.8 Å². The standard InChI is InChI=1S/C13H18BrN3O2S/c1-2-17(7-10-3-4-11(14)20-10)13(19)9-16-6-5-15-12(18)8-16/h3-4H,2,5-9H2,1H3,(H,15,18). The molecule has 0 radical (unpaired) electrons. The molecule has 0 atom stereocenters. The normalized spacial score (nSPS) is 16.0. The molecule has 0 saturated carbocycles. The Morgan fingerprint density at radius 3 is 2.95 bits per heavy atom. The minimum Gasteiger partial charge on any atom is -0.354 e. The molecule has 2 amide bonds. The van der Waals surface area contributed by atoms with Gasteiger partial charge in [0, 0.05) is 24.5 Å². The first-order valence-electron chi connectivity index (χ1n) is 6.59.